The molecule has 2 aromatic carbocycles. The number of aromatic carboxylic acids is 1. The van der Waals surface area contributed by atoms with E-state index in [0.717, 1.165) is 5.56 Å². The molecule has 0 aliphatic carbocycles. The van der Waals surface area contributed by atoms with Gasteiger partial charge in [-0.1, -0.05) is 18.2 Å². The summed E-state index contributed by atoms with van der Waals surface area (Å²) in [6.07, 6.45) is 0. The van der Waals surface area contributed by atoms with Crippen LogP contribution < -0.4 is 19.9 Å². The molecule has 0 unspecified atom stereocenters. The van der Waals surface area contributed by atoms with Crippen molar-refractivity contribution in [2.24, 2.45) is 0 Å². The molecule has 2 aromatic rings. The average Bonchev–Trinajstić information content (AvgIpc) is 2.52. The molecule has 21 heavy (non-hydrogen) atoms. The van der Waals surface area contributed by atoms with Crippen LogP contribution >= 0.6 is 0 Å². The Morgan fingerprint density at radius 1 is 1.14 bits per heavy atom. The van der Waals surface area contributed by atoms with E-state index in [2.05, 4.69) is 5.32 Å². The second-order valence-electron chi connectivity index (χ2n) is 4.36. The van der Waals surface area contributed by atoms with Gasteiger partial charge in [0.1, 0.15) is 11.5 Å². The van der Waals surface area contributed by atoms with E-state index >= 15 is 0 Å². The third kappa shape index (κ3) is 3.45. The summed E-state index contributed by atoms with van der Waals surface area (Å²) in [7, 11) is 3.16. The van der Waals surface area contributed by atoms with Gasteiger partial charge in [-0.05, 0) is 18.2 Å². The Bertz CT molecular complexity index is 640. The third-order valence-electron chi connectivity index (χ3n) is 3.11. The zero-order chi connectivity index (χ0) is 15.2. The first-order valence-electron chi connectivity index (χ1n) is 6.41. The summed E-state index contributed by atoms with van der Waals surface area (Å²) in [5, 5.41) is 14.1. The molecule has 0 bridgehead atoms. The van der Waals surface area contributed by atoms with E-state index in [-0.39, 0.29) is 5.56 Å². The zero-order valence-electron chi connectivity index (χ0n) is 11.9. The number of benzene rings is 2. The molecule has 0 amide bonds. The van der Waals surface area contributed by atoms with Crippen LogP contribution in [0.25, 0.3) is 0 Å². The van der Waals surface area contributed by atoms with Crippen LogP contribution in [0, 0.1) is 0 Å². The van der Waals surface area contributed by atoms with Crippen molar-refractivity contribution in [1.29, 1.82) is 0 Å². The topological polar surface area (TPSA) is 70.6 Å². The Morgan fingerprint density at radius 3 is 2.57 bits per heavy atom. The SMILES string of the molecule is COc1ccc(CNc2ccccc2C(=O)[O-])c(OC)c1. The summed E-state index contributed by atoms with van der Waals surface area (Å²) >= 11 is 0. The lowest BCUT2D eigenvalue weighted by molar-refractivity contribution is -0.254. The number of carboxylic acids is 1. The molecule has 0 saturated carbocycles. The predicted molar refractivity (Wildman–Crippen MR) is 77.6 cm³/mol. The minimum Gasteiger partial charge on any atom is -0.545 e. The van der Waals surface area contributed by atoms with Crippen LogP contribution in [0.3, 0.4) is 0 Å². The lowest BCUT2D eigenvalue weighted by atomic mass is 10.1. The first kappa shape index (κ1) is 14.7. The van der Waals surface area contributed by atoms with E-state index in [1.807, 2.05) is 12.1 Å². The Balaban J connectivity index is 2.19. The summed E-state index contributed by atoms with van der Waals surface area (Å²) in [6, 6.07) is 12.1. The highest BCUT2D eigenvalue weighted by Crippen LogP contribution is 2.25. The largest absolute Gasteiger partial charge is 0.545 e. The van der Waals surface area contributed by atoms with Gasteiger partial charge in [0.25, 0.3) is 0 Å². The van der Waals surface area contributed by atoms with Crippen LogP contribution in [0.2, 0.25) is 0 Å². The molecular formula is C16H16NO4-. The highest BCUT2D eigenvalue weighted by molar-refractivity contribution is 5.92. The maximum atomic E-state index is 11.0. The van der Waals surface area contributed by atoms with E-state index in [4.69, 9.17) is 9.47 Å². The Labute approximate surface area is 123 Å². The van der Waals surface area contributed by atoms with Crippen molar-refractivity contribution in [3.05, 3.63) is 53.6 Å². The van der Waals surface area contributed by atoms with Crippen molar-refractivity contribution in [1.82, 2.24) is 0 Å². The van der Waals surface area contributed by atoms with Gasteiger partial charge < -0.3 is 24.7 Å². The minimum absolute atomic E-state index is 0.130. The highest BCUT2D eigenvalue weighted by Gasteiger charge is 2.07. The van der Waals surface area contributed by atoms with Gasteiger partial charge in [-0.2, -0.15) is 0 Å². The molecule has 0 aliphatic heterocycles. The van der Waals surface area contributed by atoms with Gasteiger partial charge in [-0.25, -0.2) is 0 Å². The summed E-state index contributed by atoms with van der Waals surface area (Å²) in [6.45, 7) is 0.428. The lowest BCUT2D eigenvalue weighted by Gasteiger charge is -2.15. The van der Waals surface area contributed by atoms with Gasteiger partial charge in [0.05, 0.1) is 20.2 Å². The van der Waals surface area contributed by atoms with Crippen molar-refractivity contribution in [3.8, 4) is 11.5 Å². The van der Waals surface area contributed by atoms with E-state index in [9.17, 15) is 9.90 Å². The summed E-state index contributed by atoms with van der Waals surface area (Å²) in [5.41, 5.74) is 1.53. The maximum absolute atomic E-state index is 11.0. The standard InChI is InChI=1S/C16H17NO4/c1-20-12-8-7-11(15(9-12)21-2)10-17-14-6-4-3-5-13(14)16(18)19/h3-9,17H,10H2,1-2H3,(H,18,19)/p-1. The molecule has 0 aromatic heterocycles. The Hall–Kier alpha value is -2.69. The molecule has 1 N–H and O–H groups in total. The summed E-state index contributed by atoms with van der Waals surface area (Å²) in [4.78, 5) is 11.0. The summed E-state index contributed by atoms with van der Waals surface area (Å²) in [5.74, 6) is 0.165. The van der Waals surface area contributed by atoms with Crippen molar-refractivity contribution >= 4 is 11.7 Å². The van der Waals surface area contributed by atoms with Gasteiger partial charge in [-0.15, -0.1) is 0 Å². The molecule has 2 rings (SSSR count). The van der Waals surface area contributed by atoms with Crippen LogP contribution in [0.15, 0.2) is 42.5 Å². The van der Waals surface area contributed by atoms with Crippen molar-refractivity contribution in [3.63, 3.8) is 0 Å². The first-order valence-corrected chi connectivity index (χ1v) is 6.41. The molecule has 0 aliphatic rings. The zero-order valence-corrected chi connectivity index (χ0v) is 11.9. The molecule has 0 spiro atoms. The number of nitrogens with one attached hydrogen (secondary N) is 1. The maximum Gasteiger partial charge on any atom is 0.127 e. The van der Waals surface area contributed by atoms with E-state index < -0.39 is 5.97 Å². The molecule has 0 heterocycles. The van der Waals surface area contributed by atoms with Crippen LogP contribution in [-0.2, 0) is 6.54 Å². The highest BCUT2D eigenvalue weighted by atomic mass is 16.5. The molecule has 110 valence electrons. The van der Waals surface area contributed by atoms with Crippen LogP contribution in [-0.4, -0.2) is 20.2 Å². The van der Waals surface area contributed by atoms with Crippen molar-refractivity contribution in [2.75, 3.05) is 19.5 Å². The number of anilines is 1. The quantitative estimate of drug-likeness (QED) is 0.875. The van der Waals surface area contributed by atoms with Crippen molar-refractivity contribution in [2.45, 2.75) is 6.54 Å². The molecule has 0 fully saturated rings. The van der Waals surface area contributed by atoms with E-state index in [0.29, 0.717) is 23.7 Å². The molecule has 0 saturated heterocycles. The monoisotopic (exact) mass is 286 g/mol. The van der Waals surface area contributed by atoms with Gasteiger partial charge in [0, 0.05) is 29.4 Å². The first-order chi connectivity index (χ1) is 10.2. The van der Waals surface area contributed by atoms with Crippen LogP contribution in [0.4, 0.5) is 5.69 Å². The minimum atomic E-state index is -1.21. The number of rotatable bonds is 6. The number of methoxy groups -OCH3 is 2. The predicted octanol–water partition coefficient (Wildman–Crippen LogP) is 1.68. The van der Waals surface area contributed by atoms with Crippen LogP contribution in [0.1, 0.15) is 15.9 Å². The number of para-hydroxylation sites is 1. The Kier molecular flexibility index (Phi) is 4.66. The second kappa shape index (κ2) is 6.65. The van der Waals surface area contributed by atoms with E-state index in [1.165, 1.54) is 6.07 Å². The number of hydrogen-bond acceptors (Lipinski definition) is 5. The Morgan fingerprint density at radius 2 is 1.90 bits per heavy atom. The summed E-state index contributed by atoms with van der Waals surface area (Å²) < 4.78 is 10.4. The fourth-order valence-electron chi connectivity index (χ4n) is 2.00. The number of carbonyl (C=O) groups is 1. The number of carboxylic acid groups (broad SMARTS) is 1. The third-order valence-corrected chi connectivity index (χ3v) is 3.11. The molecule has 5 nitrogen and oxygen atoms in total. The van der Waals surface area contributed by atoms with Gasteiger partial charge in [0.2, 0.25) is 0 Å². The van der Waals surface area contributed by atoms with E-state index in [1.54, 1.807) is 38.5 Å². The molecule has 0 atom stereocenters. The number of hydrogen-bond donors (Lipinski definition) is 1. The fraction of sp³-hybridized carbons (Fsp3) is 0.188. The fourth-order valence-corrected chi connectivity index (χ4v) is 2.00. The van der Waals surface area contributed by atoms with Crippen molar-refractivity contribution < 1.29 is 19.4 Å². The average molecular weight is 286 g/mol. The lowest BCUT2D eigenvalue weighted by Crippen LogP contribution is -2.23. The smallest absolute Gasteiger partial charge is 0.127 e. The van der Waals surface area contributed by atoms with Gasteiger partial charge in [0.15, 0.2) is 0 Å². The molecule has 0 radical (unpaired) electrons. The normalized spacial score (nSPS) is 10.0. The van der Waals surface area contributed by atoms with Gasteiger partial charge in [-0.3, -0.25) is 0 Å². The van der Waals surface area contributed by atoms with Gasteiger partial charge >= 0.3 is 0 Å². The number of carbonyl (C=O) groups excluding carboxylic acids is 1. The number of ether oxygens (including phenoxy) is 2. The molecular weight excluding hydrogens is 270 g/mol. The molecule has 5 heteroatoms. The second-order valence-corrected chi connectivity index (χ2v) is 4.36. The van der Waals surface area contributed by atoms with Crippen LogP contribution in [0.5, 0.6) is 11.5 Å².